The van der Waals surface area contributed by atoms with Crippen LogP contribution >= 0.6 is 0 Å². The van der Waals surface area contributed by atoms with E-state index in [0.29, 0.717) is 0 Å². The quantitative estimate of drug-likeness (QED) is 0.227. The molecule has 0 bridgehead atoms. The maximum Gasteiger partial charge on any atom is 0.295 e. The number of furan rings is 1. The van der Waals surface area contributed by atoms with Gasteiger partial charge in [0.05, 0.1) is 24.9 Å². The Balaban J connectivity index is 1.86. The van der Waals surface area contributed by atoms with E-state index in [-0.39, 0.29) is 0 Å². The molecule has 0 radical (unpaired) electrons. The number of pyridine rings is 1. The van der Waals surface area contributed by atoms with Gasteiger partial charge in [-0.3, -0.25) is 0 Å². The molecule has 0 unspecified atom stereocenters. The van der Waals surface area contributed by atoms with E-state index in [9.17, 15) is 0 Å². The zero-order valence-electron chi connectivity index (χ0n) is 18.1. The van der Waals surface area contributed by atoms with E-state index in [0.717, 1.165) is 27.7 Å². The molecule has 0 saturated heterocycles. The van der Waals surface area contributed by atoms with Crippen LogP contribution in [0.4, 0.5) is 0 Å². The van der Waals surface area contributed by atoms with Gasteiger partial charge in [0, 0.05) is 22.2 Å². The van der Waals surface area contributed by atoms with Gasteiger partial charge in [0.25, 0.3) is 5.65 Å². The lowest BCUT2D eigenvalue weighted by atomic mass is 10.0. The molecule has 0 fully saturated rings. The van der Waals surface area contributed by atoms with Crippen molar-refractivity contribution < 1.29 is 13.7 Å². The molecule has 154 valence electrons. The van der Waals surface area contributed by atoms with Crippen LogP contribution in [0.25, 0.3) is 60.3 Å². The summed E-state index contributed by atoms with van der Waals surface area (Å²) in [5, 5.41) is 6.05. The van der Waals surface area contributed by atoms with Crippen LogP contribution in [0, 0.1) is 6.92 Å². The number of rotatable bonds is 1. The van der Waals surface area contributed by atoms with Crippen molar-refractivity contribution in [1.82, 2.24) is 4.40 Å². The molecule has 0 saturated carbocycles. The van der Waals surface area contributed by atoms with Crippen LogP contribution < -0.4 is 9.30 Å². The topological polar surface area (TPSA) is 30.7 Å². The lowest BCUT2D eigenvalue weighted by molar-refractivity contribution is -0.617. The van der Waals surface area contributed by atoms with Gasteiger partial charge in [-0.15, -0.1) is 0 Å². The van der Waals surface area contributed by atoms with Crippen LogP contribution in [0.15, 0.2) is 77.2 Å². The van der Waals surface area contributed by atoms with Crippen molar-refractivity contribution in [2.75, 3.05) is 7.11 Å². The summed E-state index contributed by atoms with van der Waals surface area (Å²) in [6.07, 6.45) is 0. The second-order valence-electron chi connectivity index (χ2n) is 8.50. The molecule has 3 aromatic heterocycles. The Labute approximate surface area is 183 Å². The summed E-state index contributed by atoms with van der Waals surface area (Å²) in [6.45, 7) is 2.20. The average molecular weight is 417 g/mol. The second-order valence-corrected chi connectivity index (χ2v) is 8.50. The first-order valence-corrected chi connectivity index (χ1v) is 10.8. The molecular weight excluding hydrogens is 396 g/mol. The fourth-order valence-electron chi connectivity index (χ4n) is 5.41. The summed E-state index contributed by atoms with van der Waals surface area (Å²) in [5.41, 5.74) is 7.74. The maximum atomic E-state index is 6.28. The number of hydrogen-bond acceptors (Lipinski definition) is 2. The highest BCUT2D eigenvalue weighted by molar-refractivity contribution is 6.20. The smallest absolute Gasteiger partial charge is 0.295 e. The van der Waals surface area contributed by atoms with Gasteiger partial charge in [-0.05, 0) is 42.8 Å². The Morgan fingerprint density at radius 1 is 0.812 bits per heavy atom. The van der Waals surface area contributed by atoms with Gasteiger partial charge in [-0.2, -0.15) is 4.40 Å². The van der Waals surface area contributed by atoms with Gasteiger partial charge in [0.2, 0.25) is 0 Å². The van der Waals surface area contributed by atoms with Crippen LogP contribution in [0.2, 0.25) is 0 Å². The van der Waals surface area contributed by atoms with Crippen molar-refractivity contribution in [1.29, 1.82) is 0 Å². The molecule has 0 atom stereocenters. The number of aryl methyl sites for hydroxylation is 2. The number of fused-ring (bicyclic) bond motifs is 12. The monoisotopic (exact) mass is 417 g/mol. The first-order chi connectivity index (χ1) is 15.7. The molecule has 3 heterocycles. The highest BCUT2D eigenvalue weighted by Gasteiger charge is 2.27. The van der Waals surface area contributed by atoms with Crippen molar-refractivity contribution in [3.63, 3.8) is 0 Å². The van der Waals surface area contributed by atoms with E-state index in [1.807, 2.05) is 12.1 Å². The maximum absolute atomic E-state index is 6.28. The van der Waals surface area contributed by atoms with Gasteiger partial charge in [-0.25, -0.2) is 4.57 Å². The van der Waals surface area contributed by atoms with E-state index in [2.05, 4.69) is 83.6 Å². The second kappa shape index (κ2) is 6.01. The molecule has 4 nitrogen and oxygen atoms in total. The largest absolute Gasteiger partial charge is 0.497 e. The molecule has 0 aliphatic heterocycles. The van der Waals surface area contributed by atoms with Crippen molar-refractivity contribution in [3.05, 3.63) is 78.4 Å². The van der Waals surface area contributed by atoms with E-state index >= 15 is 0 Å². The summed E-state index contributed by atoms with van der Waals surface area (Å²) in [5.74, 6) is 0.797. The minimum Gasteiger partial charge on any atom is -0.497 e. The molecule has 7 rings (SSSR count). The van der Waals surface area contributed by atoms with Crippen molar-refractivity contribution >= 4 is 60.3 Å². The number of aromatic nitrogens is 2. The van der Waals surface area contributed by atoms with Crippen LogP contribution in [0.5, 0.6) is 5.75 Å². The third-order valence-electron chi connectivity index (χ3n) is 6.84. The Morgan fingerprint density at radius 2 is 1.66 bits per heavy atom. The van der Waals surface area contributed by atoms with Gasteiger partial charge in [-0.1, -0.05) is 36.4 Å². The zero-order chi connectivity index (χ0) is 21.6. The number of methoxy groups -OCH3 is 1. The van der Waals surface area contributed by atoms with Gasteiger partial charge >= 0.3 is 0 Å². The van der Waals surface area contributed by atoms with Gasteiger partial charge < -0.3 is 9.15 Å². The van der Waals surface area contributed by atoms with E-state index in [1.54, 1.807) is 7.11 Å². The van der Waals surface area contributed by atoms with Crippen molar-refractivity contribution in [2.45, 2.75) is 6.92 Å². The average Bonchev–Trinajstić information content (AvgIpc) is 3.34. The number of imidazole rings is 1. The third kappa shape index (κ3) is 2.04. The molecule has 4 aromatic carbocycles. The summed E-state index contributed by atoms with van der Waals surface area (Å²) in [7, 11) is 3.84. The van der Waals surface area contributed by atoms with Crippen LogP contribution in [0.3, 0.4) is 0 Å². The summed E-state index contributed by atoms with van der Waals surface area (Å²) < 4.78 is 16.4. The molecule has 0 aliphatic rings. The zero-order valence-corrected chi connectivity index (χ0v) is 18.1. The molecule has 7 aromatic rings. The Bertz CT molecular complexity index is 1890. The Kier molecular flexibility index (Phi) is 3.31. The standard InChI is InChI=1S/C28H21N2O2/c1-16-7-6-9-19-18-8-4-5-10-21(18)30-27-22(29(2)28(30)25(16)19)13-14-23-26(27)20-12-11-17(31-3)15-24(20)32-23/h4-15H,1-3H3/q+1. The van der Waals surface area contributed by atoms with E-state index < -0.39 is 0 Å². The normalized spacial score (nSPS) is 12.2. The number of benzene rings is 4. The lowest BCUT2D eigenvalue weighted by Crippen LogP contribution is -2.27. The Hall–Kier alpha value is -4.05. The number of hydrogen-bond donors (Lipinski definition) is 0. The van der Waals surface area contributed by atoms with Crippen molar-refractivity contribution in [2.24, 2.45) is 7.05 Å². The number of ether oxygens (including phenoxy) is 1. The predicted molar refractivity (Wildman–Crippen MR) is 130 cm³/mol. The summed E-state index contributed by atoms with van der Waals surface area (Å²) in [4.78, 5) is 0. The molecule has 0 aliphatic carbocycles. The molecule has 0 N–H and O–H groups in total. The van der Waals surface area contributed by atoms with Crippen LogP contribution in [-0.4, -0.2) is 11.5 Å². The number of nitrogens with zero attached hydrogens (tertiary/aromatic N) is 2. The van der Waals surface area contributed by atoms with E-state index in [1.165, 1.54) is 43.9 Å². The van der Waals surface area contributed by atoms with Gasteiger partial charge in [0.1, 0.15) is 22.4 Å². The van der Waals surface area contributed by atoms with Crippen molar-refractivity contribution in [3.8, 4) is 5.75 Å². The van der Waals surface area contributed by atoms with Gasteiger partial charge in [0.15, 0.2) is 11.0 Å². The molecule has 32 heavy (non-hydrogen) atoms. The highest BCUT2D eigenvalue weighted by atomic mass is 16.5. The fraction of sp³-hybridized carbons (Fsp3) is 0.107. The molecule has 4 heteroatoms. The third-order valence-corrected chi connectivity index (χ3v) is 6.84. The Morgan fingerprint density at radius 3 is 2.53 bits per heavy atom. The first kappa shape index (κ1) is 17.6. The fourth-order valence-corrected chi connectivity index (χ4v) is 5.41. The summed E-state index contributed by atoms with van der Waals surface area (Å²) >= 11 is 0. The summed E-state index contributed by atoms with van der Waals surface area (Å²) in [6, 6.07) is 25.6. The predicted octanol–water partition coefficient (Wildman–Crippen LogP) is 6.44. The molecule has 0 spiro atoms. The minimum atomic E-state index is 0.797. The first-order valence-electron chi connectivity index (χ1n) is 10.8. The SMILES string of the molecule is COc1ccc2c(c1)oc1ccc3c(c12)n1c2ccccc2c2cccc(C)c2c1[n+]3C. The van der Waals surface area contributed by atoms with Crippen LogP contribution in [0.1, 0.15) is 5.56 Å². The highest BCUT2D eigenvalue weighted by Crippen LogP contribution is 2.39. The molecule has 0 amide bonds. The minimum absolute atomic E-state index is 0.797. The molecular formula is C28H21N2O2+. The number of para-hydroxylation sites is 1. The lowest BCUT2D eigenvalue weighted by Gasteiger charge is -2.06. The van der Waals surface area contributed by atoms with E-state index in [4.69, 9.17) is 9.15 Å². The van der Waals surface area contributed by atoms with Crippen LogP contribution in [-0.2, 0) is 7.05 Å².